The Morgan fingerprint density at radius 3 is 2.32 bits per heavy atom. The Morgan fingerprint density at radius 1 is 1.00 bits per heavy atom. The predicted molar refractivity (Wildman–Crippen MR) is 113 cm³/mol. The normalized spacial score (nSPS) is 11.0. The Balaban J connectivity index is 2.23. The molecular formula is C21H22ClF3N2O4. The van der Waals surface area contributed by atoms with Crippen LogP contribution in [-0.4, -0.2) is 31.9 Å². The molecule has 0 heterocycles. The number of ether oxygens (including phenoxy) is 2. The highest BCUT2D eigenvalue weighted by Gasteiger charge is 2.30. The fraction of sp³-hybridized carbons (Fsp3) is 0.333. The van der Waals surface area contributed by atoms with Crippen molar-refractivity contribution in [1.29, 1.82) is 0 Å². The zero-order chi connectivity index (χ0) is 23.0. The summed E-state index contributed by atoms with van der Waals surface area (Å²) in [6, 6.07) is 6.29. The van der Waals surface area contributed by atoms with Gasteiger partial charge in [-0.1, -0.05) is 6.07 Å². The minimum absolute atomic E-state index is 0.0443. The molecule has 0 bridgehead atoms. The van der Waals surface area contributed by atoms with Gasteiger partial charge in [0.25, 0.3) is 0 Å². The van der Waals surface area contributed by atoms with Gasteiger partial charge >= 0.3 is 12.2 Å². The van der Waals surface area contributed by atoms with E-state index in [1.165, 1.54) is 38.5 Å². The van der Waals surface area contributed by atoms with Gasteiger partial charge in [0.05, 0.1) is 31.0 Å². The lowest BCUT2D eigenvalue weighted by Crippen LogP contribution is -2.20. The van der Waals surface area contributed by atoms with Crippen LogP contribution in [0.15, 0.2) is 36.4 Å². The third-order valence-electron chi connectivity index (χ3n) is 4.31. The van der Waals surface area contributed by atoms with Gasteiger partial charge in [-0.3, -0.25) is 4.79 Å². The summed E-state index contributed by atoms with van der Waals surface area (Å²) in [6.45, 7) is 0. The summed E-state index contributed by atoms with van der Waals surface area (Å²) in [5.41, 5.74) is -0.532. The number of hydrogen-bond donors (Lipinski definition) is 2. The molecule has 0 saturated carbocycles. The van der Waals surface area contributed by atoms with Crippen LogP contribution in [0.1, 0.15) is 35.2 Å². The number of urea groups is 1. The molecule has 0 aliphatic rings. The first kappa shape index (κ1) is 24.3. The SMILES string of the molecule is COc1cc(OC)c(C(=O)CCCCCl)cc1NC(=O)Nc1cccc(C(F)(F)F)c1. The number of alkyl halides is 4. The highest BCUT2D eigenvalue weighted by molar-refractivity contribution is 6.17. The van der Waals surface area contributed by atoms with Gasteiger partial charge in [0, 0.05) is 24.1 Å². The van der Waals surface area contributed by atoms with Crippen molar-refractivity contribution in [3.8, 4) is 11.5 Å². The second kappa shape index (κ2) is 10.9. The molecule has 2 aromatic rings. The number of carbonyl (C=O) groups is 2. The molecule has 31 heavy (non-hydrogen) atoms. The molecule has 2 amide bonds. The van der Waals surface area contributed by atoms with E-state index >= 15 is 0 Å². The van der Waals surface area contributed by atoms with Crippen LogP contribution in [0.5, 0.6) is 11.5 Å². The molecule has 2 rings (SSSR count). The molecule has 168 valence electrons. The molecule has 0 radical (unpaired) electrons. The fourth-order valence-electron chi connectivity index (χ4n) is 2.79. The van der Waals surface area contributed by atoms with Crippen LogP contribution >= 0.6 is 11.6 Å². The van der Waals surface area contributed by atoms with Gasteiger partial charge in [-0.2, -0.15) is 13.2 Å². The van der Waals surface area contributed by atoms with E-state index in [2.05, 4.69) is 10.6 Å². The van der Waals surface area contributed by atoms with Crippen molar-refractivity contribution in [2.24, 2.45) is 0 Å². The zero-order valence-corrected chi connectivity index (χ0v) is 17.7. The number of ketones is 1. The van der Waals surface area contributed by atoms with Gasteiger partial charge < -0.3 is 20.1 Å². The van der Waals surface area contributed by atoms with E-state index in [9.17, 15) is 22.8 Å². The molecule has 0 fully saturated rings. The number of methoxy groups -OCH3 is 2. The summed E-state index contributed by atoms with van der Waals surface area (Å²) in [4.78, 5) is 24.9. The summed E-state index contributed by atoms with van der Waals surface area (Å²) in [5, 5.41) is 4.83. The molecule has 6 nitrogen and oxygen atoms in total. The largest absolute Gasteiger partial charge is 0.496 e. The highest BCUT2D eigenvalue weighted by Crippen LogP contribution is 2.34. The fourth-order valence-corrected chi connectivity index (χ4v) is 2.98. The maximum atomic E-state index is 12.9. The molecule has 2 aromatic carbocycles. The first-order chi connectivity index (χ1) is 14.7. The van der Waals surface area contributed by atoms with Crippen LogP contribution in [-0.2, 0) is 6.18 Å². The summed E-state index contributed by atoms with van der Waals surface area (Å²) < 4.78 is 49.1. The first-order valence-corrected chi connectivity index (χ1v) is 9.83. The summed E-state index contributed by atoms with van der Waals surface area (Å²) in [7, 11) is 2.77. The number of unbranched alkanes of at least 4 members (excludes halogenated alkanes) is 1. The van der Waals surface area contributed by atoms with Crippen molar-refractivity contribution in [3.05, 3.63) is 47.5 Å². The lowest BCUT2D eigenvalue weighted by atomic mass is 10.0. The van der Waals surface area contributed by atoms with Gasteiger partial charge in [-0.15, -0.1) is 11.6 Å². The standard InChI is InChI=1S/C21H22ClF3N2O4/c1-30-18-12-19(31-2)16(11-15(18)17(28)8-3-4-9-22)27-20(29)26-14-7-5-6-13(10-14)21(23,24)25/h5-7,10-12H,3-4,8-9H2,1-2H3,(H2,26,27,29). The van der Waals surface area contributed by atoms with E-state index in [4.69, 9.17) is 21.1 Å². The predicted octanol–water partition coefficient (Wildman–Crippen LogP) is 5.96. The molecule has 0 aliphatic heterocycles. The van der Waals surface area contributed by atoms with E-state index in [1.807, 2.05) is 0 Å². The number of anilines is 2. The zero-order valence-electron chi connectivity index (χ0n) is 16.9. The molecule has 0 atom stereocenters. The Hall–Kier alpha value is -2.94. The Bertz CT molecular complexity index is 935. The third-order valence-corrected chi connectivity index (χ3v) is 4.57. The van der Waals surface area contributed by atoms with E-state index in [0.29, 0.717) is 18.7 Å². The summed E-state index contributed by atoms with van der Waals surface area (Å²) >= 11 is 5.64. The third kappa shape index (κ3) is 6.78. The van der Waals surface area contributed by atoms with Crippen LogP contribution < -0.4 is 20.1 Å². The monoisotopic (exact) mass is 458 g/mol. The van der Waals surface area contributed by atoms with Crippen LogP contribution in [0, 0.1) is 0 Å². The van der Waals surface area contributed by atoms with E-state index in [0.717, 1.165) is 12.1 Å². The molecule has 0 aromatic heterocycles. The second-order valence-corrected chi connectivity index (χ2v) is 6.86. The number of amides is 2. The number of Topliss-reactive ketones (excluding diaryl/α,β-unsaturated/α-hetero) is 1. The van der Waals surface area contributed by atoms with Crippen LogP contribution in [0.2, 0.25) is 0 Å². The van der Waals surface area contributed by atoms with Crippen LogP contribution in [0.3, 0.4) is 0 Å². The highest BCUT2D eigenvalue weighted by atomic mass is 35.5. The first-order valence-electron chi connectivity index (χ1n) is 9.30. The van der Waals surface area contributed by atoms with Crippen molar-refractivity contribution < 1.29 is 32.2 Å². The smallest absolute Gasteiger partial charge is 0.416 e. The van der Waals surface area contributed by atoms with E-state index in [1.54, 1.807) is 0 Å². The Morgan fingerprint density at radius 2 is 1.71 bits per heavy atom. The van der Waals surface area contributed by atoms with Gasteiger partial charge in [0.2, 0.25) is 0 Å². The second-order valence-electron chi connectivity index (χ2n) is 6.48. The molecule has 0 unspecified atom stereocenters. The van der Waals surface area contributed by atoms with Gasteiger partial charge in [-0.25, -0.2) is 4.79 Å². The van der Waals surface area contributed by atoms with Crippen molar-refractivity contribution in [2.75, 3.05) is 30.7 Å². The summed E-state index contributed by atoms with van der Waals surface area (Å²) in [6.07, 6.45) is -3.02. The molecular weight excluding hydrogens is 437 g/mol. The van der Waals surface area contributed by atoms with E-state index < -0.39 is 17.8 Å². The van der Waals surface area contributed by atoms with Crippen molar-refractivity contribution in [3.63, 3.8) is 0 Å². The molecule has 2 N–H and O–H groups in total. The number of halogens is 4. The molecule has 0 spiro atoms. The van der Waals surface area contributed by atoms with Crippen molar-refractivity contribution >= 4 is 34.8 Å². The van der Waals surface area contributed by atoms with Crippen LogP contribution in [0.4, 0.5) is 29.3 Å². The lowest BCUT2D eigenvalue weighted by Gasteiger charge is -2.16. The van der Waals surface area contributed by atoms with Gasteiger partial charge in [-0.05, 0) is 37.1 Å². The molecule has 0 saturated heterocycles. The van der Waals surface area contributed by atoms with Crippen molar-refractivity contribution in [2.45, 2.75) is 25.4 Å². The average molecular weight is 459 g/mol. The number of nitrogens with one attached hydrogen (secondary N) is 2. The molecule has 10 heteroatoms. The Kier molecular flexibility index (Phi) is 8.56. The number of hydrogen-bond acceptors (Lipinski definition) is 4. The number of carbonyl (C=O) groups excluding carboxylic acids is 2. The maximum absolute atomic E-state index is 12.9. The average Bonchev–Trinajstić information content (AvgIpc) is 2.73. The number of rotatable bonds is 9. The van der Waals surface area contributed by atoms with Crippen LogP contribution in [0.25, 0.3) is 0 Å². The maximum Gasteiger partial charge on any atom is 0.416 e. The quantitative estimate of drug-likeness (QED) is 0.276. The lowest BCUT2D eigenvalue weighted by molar-refractivity contribution is -0.137. The van der Waals surface area contributed by atoms with E-state index in [-0.39, 0.29) is 40.6 Å². The minimum Gasteiger partial charge on any atom is -0.496 e. The topological polar surface area (TPSA) is 76.7 Å². The van der Waals surface area contributed by atoms with Crippen molar-refractivity contribution in [1.82, 2.24) is 0 Å². The Labute approximate surface area is 182 Å². The van der Waals surface area contributed by atoms with Gasteiger partial charge in [0.15, 0.2) is 5.78 Å². The molecule has 0 aliphatic carbocycles. The minimum atomic E-state index is -4.54. The van der Waals surface area contributed by atoms with Gasteiger partial charge in [0.1, 0.15) is 11.5 Å². The number of benzene rings is 2. The summed E-state index contributed by atoms with van der Waals surface area (Å²) in [5.74, 6) is 0.728.